The molecule has 3 N–H and O–H groups in total. The molecule has 1 spiro atoms. The molecule has 3 heterocycles. The largest absolute Gasteiger partial charge is 0.477 e. The standard InChI is InChI=1S/C19H17ClFN3O5.C4H11NS/c1-10-14(16(23-28-10)15-11(20)3-2-4-12(15)21)17(25)24-7-5-19(6-8-24)9-13(18(26)27)22-29-19;1-2-6-4-3-5/h2-4H,5-9H2,1H3,(H,26,27);2-5H2,1H3. The number of oxime groups is 1. The molecular weight excluding hydrogens is 499 g/mol. The number of carbonyl (C=O) groups excluding carboxylic acids is 1. The van der Waals surface area contributed by atoms with Crippen molar-refractivity contribution >= 4 is 41.0 Å². The number of benzene rings is 1. The molecule has 2 aromatic rings. The van der Waals surface area contributed by atoms with Crippen LogP contribution in [0.15, 0.2) is 27.9 Å². The molecule has 0 bridgehead atoms. The van der Waals surface area contributed by atoms with Crippen LogP contribution in [0.3, 0.4) is 0 Å². The molecular formula is C23H28ClFN4O5S. The first-order chi connectivity index (χ1) is 16.7. The van der Waals surface area contributed by atoms with Crippen LogP contribution in [0.25, 0.3) is 11.3 Å². The monoisotopic (exact) mass is 526 g/mol. The van der Waals surface area contributed by atoms with E-state index in [4.69, 9.17) is 31.8 Å². The summed E-state index contributed by atoms with van der Waals surface area (Å²) in [6.07, 6.45) is 1.06. The van der Waals surface area contributed by atoms with Crippen LogP contribution < -0.4 is 5.73 Å². The molecule has 0 saturated carbocycles. The third kappa shape index (κ3) is 6.14. The Morgan fingerprint density at radius 1 is 1.34 bits per heavy atom. The minimum absolute atomic E-state index is 0.0153. The SMILES string of the molecule is CCSCCN.Cc1onc(-c2c(F)cccc2Cl)c1C(=O)N1CCC2(CC1)CC(C(=O)O)=NO2. The summed E-state index contributed by atoms with van der Waals surface area (Å²) in [5, 5.41) is 16.7. The summed E-state index contributed by atoms with van der Waals surface area (Å²) in [4.78, 5) is 31.2. The molecule has 35 heavy (non-hydrogen) atoms. The number of aliphatic carboxylic acids is 1. The van der Waals surface area contributed by atoms with Crippen molar-refractivity contribution in [3.05, 3.63) is 40.4 Å². The fourth-order valence-corrected chi connectivity index (χ4v) is 4.63. The van der Waals surface area contributed by atoms with Crippen molar-refractivity contribution in [1.29, 1.82) is 0 Å². The maximum atomic E-state index is 14.4. The predicted molar refractivity (Wildman–Crippen MR) is 132 cm³/mol. The van der Waals surface area contributed by atoms with E-state index in [1.165, 1.54) is 24.0 Å². The van der Waals surface area contributed by atoms with Crippen molar-refractivity contribution in [2.24, 2.45) is 10.9 Å². The molecule has 190 valence electrons. The van der Waals surface area contributed by atoms with E-state index in [9.17, 15) is 14.0 Å². The average molecular weight is 527 g/mol. The Balaban J connectivity index is 0.000000509. The number of halogens is 2. The summed E-state index contributed by atoms with van der Waals surface area (Å²) in [5.74, 6) is 0.499. The molecule has 1 aromatic heterocycles. The van der Waals surface area contributed by atoms with E-state index in [-0.39, 0.29) is 45.6 Å². The first kappa shape index (κ1) is 27.0. The number of nitrogens with zero attached hydrogens (tertiary/aromatic N) is 3. The van der Waals surface area contributed by atoms with E-state index in [0.29, 0.717) is 25.9 Å². The third-order valence-electron chi connectivity index (χ3n) is 5.79. The number of hydrogen-bond acceptors (Lipinski definition) is 8. The number of aromatic nitrogens is 1. The van der Waals surface area contributed by atoms with Crippen LogP contribution in [0.1, 0.15) is 42.3 Å². The van der Waals surface area contributed by atoms with Gasteiger partial charge in [0, 0.05) is 44.6 Å². The number of aryl methyl sites for hydroxylation is 1. The van der Waals surface area contributed by atoms with Gasteiger partial charge in [0.25, 0.3) is 5.91 Å². The van der Waals surface area contributed by atoms with Crippen LogP contribution in [0.2, 0.25) is 5.02 Å². The molecule has 9 nitrogen and oxygen atoms in total. The lowest BCUT2D eigenvalue weighted by Crippen LogP contribution is -2.47. The molecule has 1 aromatic carbocycles. The summed E-state index contributed by atoms with van der Waals surface area (Å²) in [7, 11) is 0. The van der Waals surface area contributed by atoms with Gasteiger partial charge in [-0.05, 0) is 24.8 Å². The normalized spacial score (nSPS) is 16.4. The van der Waals surface area contributed by atoms with Crippen molar-refractivity contribution in [3.63, 3.8) is 0 Å². The van der Waals surface area contributed by atoms with Crippen LogP contribution in [-0.2, 0) is 9.63 Å². The van der Waals surface area contributed by atoms with E-state index >= 15 is 0 Å². The fraction of sp³-hybridized carbons (Fsp3) is 0.478. The summed E-state index contributed by atoms with van der Waals surface area (Å²) < 4.78 is 19.5. The zero-order valence-electron chi connectivity index (χ0n) is 19.6. The van der Waals surface area contributed by atoms with E-state index in [2.05, 4.69) is 17.2 Å². The molecule has 1 fully saturated rings. The van der Waals surface area contributed by atoms with Gasteiger partial charge in [0.2, 0.25) is 0 Å². The summed E-state index contributed by atoms with van der Waals surface area (Å²) in [5.41, 5.74) is 4.70. The van der Waals surface area contributed by atoms with Gasteiger partial charge in [-0.3, -0.25) is 4.79 Å². The first-order valence-electron chi connectivity index (χ1n) is 11.2. The molecule has 1 amide bonds. The first-order valence-corrected chi connectivity index (χ1v) is 12.7. The number of carboxylic acid groups (broad SMARTS) is 1. The van der Waals surface area contributed by atoms with Crippen LogP contribution >= 0.6 is 23.4 Å². The second-order valence-electron chi connectivity index (χ2n) is 8.13. The van der Waals surface area contributed by atoms with Gasteiger partial charge < -0.3 is 25.1 Å². The summed E-state index contributed by atoms with van der Waals surface area (Å²) in [6.45, 7) is 5.20. The Morgan fingerprint density at radius 3 is 2.60 bits per heavy atom. The van der Waals surface area contributed by atoms with Gasteiger partial charge in [-0.15, -0.1) is 0 Å². The van der Waals surface area contributed by atoms with E-state index in [1.54, 1.807) is 11.8 Å². The van der Waals surface area contributed by atoms with Gasteiger partial charge in [0.15, 0.2) is 5.71 Å². The fourth-order valence-electron chi connectivity index (χ4n) is 3.93. The quantitative estimate of drug-likeness (QED) is 0.540. The van der Waals surface area contributed by atoms with Crippen LogP contribution in [0, 0.1) is 12.7 Å². The predicted octanol–water partition coefficient (Wildman–Crippen LogP) is 3.98. The van der Waals surface area contributed by atoms with E-state index in [0.717, 1.165) is 12.3 Å². The molecule has 0 unspecified atom stereocenters. The van der Waals surface area contributed by atoms with Crippen molar-refractivity contribution in [1.82, 2.24) is 10.1 Å². The lowest BCUT2D eigenvalue weighted by atomic mass is 9.86. The number of carboxylic acids is 1. The van der Waals surface area contributed by atoms with Gasteiger partial charge in [0.05, 0.1) is 10.6 Å². The van der Waals surface area contributed by atoms with E-state index in [1.807, 2.05) is 11.8 Å². The molecule has 4 rings (SSSR count). The maximum absolute atomic E-state index is 14.4. The summed E-state index contributed by atoms with van der Waals surface area (Å²) >= 11 is 8.02. The van der Waals surface area contributed by atoms with Crippen molar-refractivity contribution < 1.29 is 28.4 Å². The highest BCUT2D eigenvalue weighted by Crippen LogP contribution is 2.37. The Kier molecular flexibility index (Phi) is 9.15. The Bertz CT molecular complexity index is 1080. The van der Waals surface area contributed by atoms with E-state index < -0.39 is 17.4 Å². The number of piperidine rings is 1. The van der Waals surface area contributed by atoms with Gasteiger partial charge in [-0.2, -0.15) is 11.8 Å². The number of likely N-dealkylation sites (tertiary alicyclic amines) is 1. The highest BCUT2D eigenvalue weighted by molar-refractivity contribution is 7.99. The lowest BCUT2D eigenvalue weighted by molar-refractivity contribution is -0.129. The minimum atomic E-state index is -1.10. The van der Waals surface area contributed by atoms with Gasteiger partial charge in [-0.25, -0.2) is 9.18 Å². The Hall–Kier alpha value is -2.63. The number of amides is 1. The number of carbonyl (C=O) groups is 2. The van der Waals surface area contributed by atoms with Crippen molar-refractivity contribution in [2.75, 3.05) is 31.1 Å². The van der Waals surface area contributed by atoms with Crippen LogP contribution in [0.5, 0.6) is 0 Å². The van der Waals surface area contributed by atoms with Crippen molar-refractivity contribution in [2.45, 2.75) is 38.7 Å². The van der Waals surface area contributed by atoms with Crippen LogP contribution in [-0.4, -0.2) is 69.5 Å². The molecule has 0 atom stereocenters. The van der Waals surface area contributed by atoms with Crippen LogP contribution in [0.4, 0.5) is 4.39 Å². The zero-order chi connectivity index (χ0) is 25.6. The molecule has 0 aliphatic carbocycles. The zero-order valence-corrected chi connectivity index (χ0v) is 21.1. The number of hydrogen-bond donors (Lipinski definition) is 2. The Morgan fingerprint density at radius 2 is 2.06 bits per heavy atom. The second-order valence-corrected chi connectivity index (χ2v) is 9.93. The van der Waals surface area contributed by atoms with Crippen molar-refractivity contribution in [3.8, 4) is 11.3 Å². The minimum Gasteiger partial charge on any atom is -0.477 e. The number of rotatable bonds is 6. The van der Waals surface area contributed by atoms with Gasteiger partial charge >= 0.3 is 5.97 Å². The second kappa shape index (κ2) is 11.9. The molecule has 12 heteroatoms. The summed E-state index contributed by atoms with van der Waals surface area (Å²) in [6, 6.07) is 4.22. The maximum Gasteiger partial charge on any atom is 0.353 e. The number of thioether (sulfide) groups is 1. The lowest BCUT2D eigenvalue weighted by Gasteiger charge is -2.37. The highest BCUT2D eigenvalue weighted by atomic mass is 35.5. The smallest absolute Gasteiger partial charge is 0.353 e. The molecule has 2 aliphatic heterocycles. The molecule has 0 radical (unpaired) electrons. The molecule has 2 aliphatic rings. The number of nitrogens with two attached hydrogens (primary N) is 1. The Labute approximate surface area is 211 Å². The van der Waals surface area contributed by atoms with Gasteiger partial charge in [0.1, 0.15) is 28.4 Å². The average Bonchev–Trinajstić information content (AvgIpc) is 3.42. The molecule has 1 saturated heterocycles. The third-order valence-corrected chi connectivity index (χ3v) is 7.04. The topological polar surface area (TPSA) is 131 Å². The van der Waals surface area contributed by atoms with Gasteiger partial charge in [-0.1, -0.05) is 34.9 Å². The highest BCUT2D eigenvalue weighted by Gasteiger charge is 2.45.